The maximum absolute atomic E-state index is 12.2. The van der Waals surface area contributed by atoms with Crippen LogP contribution in [0.2, 0.25) is 0 Å². The number of nitrogens with zero attached hydrogens (tertiary/aromatic N) is 2. The number of fused-ring (bicyclic) bond motifs is 1. The Morgan fingerprint density at radius 2 is 2.38 bits per heavy atom. The van der Waals surface area contributed by atoms with Crippen molar-refractivity contribution in [3.05, 3.63) is 36.3 Å². The van der Waals surface area contributed by atoms with E-state index in [0.29, 0.717) is 13.2 Å². The lowest BCUT2D eigenvalue weighted by Gasteiger charge is -2.32. The van der Waals surface area contributed by atoms with E-state index in [1.54, 1.807) is 0 Å². The highest BCUT2D eigenvalue weighted by Crippen LogP contribution is 2.24. The molecule has 0 radical (unpaired) electrons. The fourth-order valence-electron chi connectivity index (χ4n) is 2.71. The second-order valence-electron chi connectivity index (χ2n) is 5.74. The third kappa shape index (κ3) is 3.08. The van der Waals surface area contributed by atoms with Gasteiger partial charge in [0, 0.05) is 32.0 Å². The van der Waals surface area contributed by atoms with Crippen LogP contribution >= 0.6 is 0 Å². The van der Waals surface area contributed by atoms with Crippen molar-refractivity contribution in [3.8, 4) is 0 Å². The summed E-state index contributed by atoms with van der Waals surface area (Å²) in [5.41, 5.74) is 1.26. The minimum absolute atomic E-state index is 0.00837. The Balaban J connectivity index is 1.54. The normalized spacial score (nSPS) is 22.3. The Morgan fingerprint density at radius 1 is 1.48 bits per heavy atom. The number of amides is 1. The van der Waals surface area contributed by atoms with Crippen molar-refractivity contribution in [2.45, 2.75) is 38.2 Å². The summed E-state index contributed by atoms with van der Waals surface area (Å²) in [6.45, 7) is 3.14. The summed E-state index contributed by atoms with van der Waals surface area (Å²) in [5.74, 6) is -0.00837. The van der Waals surface area contributed by atoms with Crippen LogP contribution in [0.4, 0.5) is 0 Å². The zero-order valence-corrected chi connectivity index (χ0v) is 12.3. The molecule has 5 nitrogen and oxygen atoms in total. The molecule has 3 heterocycles. The van der Waals surface area contributed by atoms with E-state index in [4.69, 9.17) is 4.74 Å². The van der Waals surface area contributed by atoms with Crippen LogP contribution in [0.15, 0.2) is 30.6 Å². The third-order valence-electron chi connectivity index (χ3n) is 4.03. The molecule has 1 atom stereocenters. The fourth-order valence-corrected chi connectivity index (χ4v) is 2.71. The van der Waals surface area contributed by atoms with Gasteiger partial charge in [0.25, 0.3) is 5.91 Å². The molecule has 0 saturated carbocycles. The highest BCUT2D eigenvalue weighted by atomic mass is 16.5. The molecule has 1 N–H and O–H groups in total. The summed E-state index contributed by atoms with van der Waals surface area (Å²) in [6, 6.07) is 5.91. The first-order valence-corrected chi connectivity index (χ1v) is 7.52. The maximum Gasteiger partial charge on any atom is 0.251 e. The lowest BCUT2D eigenvalue weighted by molar-refractivity contribution is -0.150. The minimum Gasteiger partial charge on any atom is -0.365 e. The van der Waals surface area contributed by atoms with E-state index in [0.717, 1.165) is 37.0 Å². The van der Waals surface area contributed by atoms with Crippen LogP contribution in [0.3, 0.4) is 0 Å². The average molecular weight is 287 g/mol. The van der Waals surface area contributed by atoms with Gasteiger partial charge in [-0.2, -0.15) is 0 Å². The zero-order chi connectivity index (χ0) is 14.7. The molecule has 112 valence electrons. The molecule has 0 bridgehead atoms. The van der Waals surface area contributed by atoms with Crippen molar-refractivity contribution in [2.24, 2.45) is 0 Å². The molecule has 2 aromatic rings. The van der Waals surface area contributed by atoms with Crippen LogP contribution in [0, 0.1) is 0 Å². The summed E-state index contributed by atoms with van der Waals surface area (Å²) < 4.78 is 7.64. The average Bonchev–Trinajstić information content (AvgIpc) is 2.90. The van der Waals surface area contributed by atoms with E-state index in [1.165, 1.54) is 0 Å². The second-order valence-corrected chi connectivity index (χ2v) is 5.74. The lowest BCUT2D eigenvalue weighted by atomic mass is 9.95. The van der Waals surface area contributed by atoms with E-state index >= 15 is 0 Å². The maximum atomic E-state index is 12.2. The lowest BCUT2D eigenvalue weighted by Crippen LogP contribution is -2.48. The molecule has 0 aromatic carbocycles. The first-order chi connectivity index (χ1) is 10.2. The smallest absolute Gasteiger partial charge is 0.251 e. The van der Waals surface area contributed by atoms with E-state index < -0.39 is 5.60 Å². The molecular formula is C16H21N3O2. The van der Waals surface area contributed by atoms with Gasteiger partial charge in [-0.05, 0) is 38.3 Å². The van der Waals surface area contributed by atoms with Gasteiger partial charge in [-0.1, -0.05) is 6.07 Å². The van der Waals surface area contributed by atoms with Crippen LogP contribution in [-0.4, -0.2) is 34.0 Å². The summed E-state index contributed by atoms with van der Waals surface area (Å²) in [5, 5.41) is 2.97. The van der Waals surface area contributed by atoms with Crippen molar-refractivity contribution in [3.63, 3.8) is 0 Å². The zero-order valence-electron chi connectivity index (χ0n) is 12.3. The largest absolute Gasteiger partial charge is 0.365 e. The number of carbonyl (C=O) groups is 1. The monoisotopic (exact) mass is 287 g/mol. The molecule has 1 aliphatic heterocycles. The Kier molecular flexibility index (Phi) is 3.92. The number of pyridine rings is 1. The molecule has 1 saturated heterocycles. The van der Waals surface area contributed by atoms with E-state index in [1.807, 2.05) is 41.9 Å². The predicted molar refractivity (Wildman–Crippen MR) is 80.1 cm³/mol. The van der Waals surface area contributed by atoms with Crippen molar-refractivity contribution in [2.75, 3.05) is 13.2 Å². The minimum atomic E-state index is -0.656. The van der Waals surface area contributed by atoms with E-state index in [-0.39, 0.29) is 5.91 Å². The number of nitrogens with one attached hydrogen (secondary N) is 1. The standard InChI is InChI=1S/C16H21N3O2/c1-16(8-3-5-11-21-16)15(20)17-9-7-13-12-19-10-4-2-6-14(19)18-13/h2,4,6,10,12H,3,5,7-9,11H2,1H3,(H,17,20)/t16-/m0/s1. The van der Waals surface area contributed by atoms with Gasteiger partial charge in [0.1, 0.15) is 11.2 Å². The van der Waals surface area contributed by atoms with Gasteiger partial charge in [-0.15, -0.1) is 0 Å². The molecule has 5 heteroatoms. The molecule has 21 heavy (non-hydrogen) atoms. The predicted octanol–water partition coefficient (Wildman–Crippen LogP) is 1.95. The van der Waals surface area contributed by atoms with Gasteiger partial charge >= 0.3 is 0 Å². The topological polar surface area (TPSA) is 55.6 Å². The molecule has 1 amide bonds. The molecule has 0 unspecified atom stereocenters. The number of hydrogen-bond donors (Lipinski definition) is 1. The number of hydrogen-bond acceptors (Lipinski definition) is 3. The van der Waals surface area contributed by atoms with Crippen molar-refractivity contribution in [1.82, 2.24) is 14.7 Å². The van der Waals surface area contributed by atoms with Gasteiger partial charge in [0.05, 0.1) is 5.69 Å². The first kappa shape index (κ1) is 14.1. The Morgan fingerprint density at radius 3 is 3.14 bits per heavy atom. The Bertz CT molecular complexity index is 596. The Hall–Kier alpha value is -1.88. The molecule has 1 fully saturated rings. The number of ether oxygens (including phenoxy) is 1. The quantitative estimate of drug-likeness (QED) is 0.935. The fraction of sp³-hybridized carbons (Fsp3) is 0.500. The van der Waals surface area contributed by atoms with E-state index in [9.17, 15) is 4.79 Å². The number of carbonyl (C=O) groups excluding carboxylic acids is 1. The SMILES string of the molecule is C[C@@]1(C(=O)NCCc2cn3ccccc3n2)CCCCO1. The first-order valence-electron chi connectivity index (χ1n) is 7.52. The summed E-state index contributed by atoms with van der Waals surface area (Å²) in [7, 11) is 0. The molecule has 0 spiro atoms. The van der Waals surface area contributed by atoms with Crippen molar-refractivity contribution < 1.29 is 9.53 Å². The second kappa shape index (κ2) is 5.85. The van der Waals surface area contributed by atoms with Crippen molar-refractivity contribution in [1.29, 1.82) is 0 Å². The molecular weight excluding hydrogens is 266 g/mol. The molecule has 2 aromatic heterocycles. The third-order valence-corrected chi connectivity index (χ3v) is 4.03. The van der Waals surface area contributed by atoms with Gasteiger partial charge in [-0.25, -0.2) is 4.98 Å². The summed E-state index contributed by atoms with van der Waals surface area (Å²) in [4.78, 5) is 16.7. The number of rotatable bonds is 4. The highest BCUT2D eigenvalue weighted by Gasteiger charge is 2.35. The van der Waals surface area contributed by atoms with Gasteiger partial charge in [0.15, 0.2) is 0 Å². The number of aromatic nitrogens is 2. The van der Waals surface area contributed by atoms with Crippen LogP contribution < -0.4 is 5.32 Å². The number of imidazole rings is 1. The van der Waals surface area contributed by atoms with Crippen LogP contribution in [0.25, 0.3) is 5.65 Å². The summed E-state index contributed by atoms with van der Waals surface area (Å²) >= 11 is 0. The van der Waals surface area contributed by atoms with E-state index in [2.05, 4.69) is 10.3 Å². The van der Waals surface area contributed by atoms with Crippen LogP contribution in [0.5, 0.6) is 0 Å². The summed E-state index contributed by atoms with van der Waals surface area (Å²) in [6.07, 6.45) is 7.60. The molecule has 1 aliphatic rings. The van der Waals surface area contributed by atoms with Crippen LogP contribution in [0.1, 0.15) is 31.9 Å². The van der Waals surface area contributed by atoms with Gasteiger partial charge in [-0.3, -0.25) is 4.79 Å². The Labute approximate surface area is 124 Å². The molecule has 3 rings (SSSR count). The van der Waals surface area contributed by atoms with Crippen LogP contribution in [-0.2, 0) is 16.0 Å². The highest BCUT2D eigenvalue weighted by molar-refractivity contribution is 5.84. The van der Waals surface area contributed by atoms with Crippen molar-refractivity contribution >= 4 is 11.6 Å². The molecule has 0 aliphatic carbocycles. The van der Waals surface area contributed by atoms with Gasteiger partial charge in [0.2, 0.25) is 0 Å². The van der Waals surface area contributed by atoms with Gasteiger partial charge < -0.3 is 14.5 Å².